The Morgan fingerprint density at radius 3 is 0.738 bits per heavy atom. The van der Waals surface area contributed by atoms with Gasteiger partial charge in [0.2, 0.25) is 0 Å². The van der Waals surface area contributed by atoms with Crippen molar-refractivity contribution in [3.05, 3.63) is 71.8 Å². The van der Waals surface area contributed by atoms with Crippen molar-refractivity contribution in [2.24, 2.45) is 5.92 Å². The van der Waals surface area contributed by atoms with Gasteiger partial charge in [0.1, 0.15) is 0 Å². The largest absolute Gasteiger partial charge is 1.00 e. The molecule has 0 saturated heterocycles. The van der Waals surface area contributed by atoms with E-state index in [0.29, 0.717) is 24.3 Å². The van der Waals surface area contributed by atoms with Crippen LogP contribution in [0.5, 0.6) is 0 Å². The van der Waals surface area contributed by atoms with E-state index >= 15 is 0 Å². The first-order valence-corrected chi connectivity index (χ1v) is 11.6. The number of benzene rings is 2. The molecule has 3 nitrogen and oxygen atoms in total. The number of alkyl halides is 12. The van der Waals surface area contributed by atoms with Gasteiger partial charge in [-0.3, -0.25) is 0 Å². The number of quaternary nitrogens is 1. The van der Waals surface area contributed by atoms with Gasteiger partial charge in [-0.2, -0.15) is 52.7 Å². The standard InChI is InChI=1S/2C9H6F6O.C4H12N.C4H10.Si/c2*10-8(11,12)7(16,9(13,14)15)6-4-2-1-3-5-6;1-5(2,3)4;1-4(2)3;/h2*1-5,16H;1-4H3;4H,1-3H3;/q;;+1;;-1. The Morgan fingerprint density at radius 2 is 0.619 bits per heavy atom. The number of aliphatic hydroxyl groups is 2. The van der Waals surface area contributed by atoms with Crippen LogP contribution in [0.2, 0.25) is 0 Å². The zero-order valence-electron chi connectivity index (χ0n) is 23.7. The maximum Gasteiger partial charge on any atom is 0.430 e. The first-order valence-electron chi connectivity index (χ1n) is 11.6. The van der Waals surface area contributed by atoms with E-state index in [1.807, 2.05) is 0 Å². The van der Waals surface area contributed by atoms with E-state index in [-0.39, 0.29) is 11.0 Å². The van der Waals surface area contributed by atoms with Gasteiger partial charge >= 0.3 is 24.7 Å². The topological polar surface area (TPSA) is 40.5 Å². The molecule has 0 heterocycles. The zero-order chi connectivity index (χ0) is 33.3. The minimum Gasteiger partial charge on any atom is -1.00 e. The Hall–Kier alpha value is -2.30. The van der Waals surface area contributed by atoms with Gasteiger partial charge in [-0.05, 0) is 5.92 Å². The number of hydrogen-bond acceptors (Lipinski definition) is 2. The maximum absolute atomic E-state index is 12.3. The van der Waals surface area contributed by atoms with Crippen LogP contribution >= 0.6 is 0 Å². The first kappa shape index (κ1) is 44.1. The molecule has 3 radical (unpaired) electrons. The lowest BCUT2D eigenvalue weighted by Gasteiger charge is -2.32. The third-order valence-corrected chi connectivity index (χ3v) is 4.02. The summed E-state index contributed by atoms with van der Waals surface area (Å²) in [6.45, 7) is 6.50. The van der Waals surface area contributed by atoms with E-state index in [2.05, 4.69) is 49.0 Å². The molecule has 0 spiro atoms. The molecule has 243 valence electrons. The van der Waals surface area contributed by atoms with Crippen molar-refractivity contribution in [1.29, 1.82) is 0 Å². The van der Waals surface area contributed by atoms with Crippen molar-refractivity contribution < 1.29 is 67.4 Å². The Morgan fingerprint density at radius 1 is 0.476 bits per heavy atom. The van der Waals surface area contributed by atoms with E-state index in [0.717, 1.165) is 34.7 Å². The number of rotatable bonds is 2. The summed E-state index contributed by atoms with van der Waals surface area (Å²) in [5, 5.41) is 17.8. The minimum atomic E-state index is -5.83. The molecule has 0 amide bonds. The van der Waals surface area contributed by atoms with Crippen LogP contribution in [-0.2, 0) is 11.2 Å². The molecular weight excluding hydrogens is 614 g/mol. The fraction of sp³-hybridized carbons (Fsp3) is 0.538. The van der Waals surface area contributed by atoms with Gasteiger partial charge in [-0.25, -0.2) is 0 Å². The van der Waals surface area contributed by atoms with Crippen LogP contribution in [0.25, 0.3) is 0 Å². The van der Waals surface area contributed by atoms with Crippen molar-refractivity contribution in [2.45, 2.75) is 56.7 Å². The summed E-state index contributed by atoms with van der Waals surface area (Å²) in [5.41, 5.74) is -12.2. The van der Waals surface area contributed by atoms with Crippen LogP contribution < -0.4 is 0 Å². The van der Waals surface area contributed by atoms with Crippen LogP contribution in [0.15, 0.2) is 60.7 Å². The molecule has 2 aromatic carbocycles. The zero-order valence-corrected chi connectivity index (χ0v) is 24.7. The summed E-state index contributed by atoms with van der Waals surface area (Å²) in [7, 11) is 8.50. The van der Waals surface area contributed by atoms with Crippen LogP contribution in [0, 0.1) is 5.92 Å². The third-order valence-electron chi connectivity index (χ3n) is 4.02. The van der Waals surface area contributed by atoms with Gasteiger partial charge in [-0.1, -0.05) is 81.4 Å². The van der Waals surface area contributed by atoms with E-state index in [4.69, 9.17) is 10.2 Å². The predicted octanol–water partition coefficient (Wildman–Crippen LogP) is 7.60. The fourth-order valence-corrected chi connectivity index (χ4v) is 2.33. The highest BCUT2D eigenvalue weighted by Crippen LogP contribution is 2.50. The third kappa shape index (κ3) is 13.3. The summed E-state index contributed by atoms with van der Waals surface area (Å²) in [4.78, 5) is 0. The second-order valence-electron chi connectivity index (χ2n) is 10.6. The lowest BCUT2D eigenvalue weighted by atomic mass is 9.92. The van der Waals surface area contributed by atoms with Gasteiger partial charge in [0.05, 0.1) is 28.2 Å². The van der Waals surface area contributed by atoms with Crippen molar-refractivity contribution in [3.8, 4) is 0 Å². The normalized spacial score (nSPS) is 12.9. The average Bonchev–Trinajstić information content (AvgIpc) is 2.75. The summed E-state index contributed by atoms with van der Waals surface area (Å²) >= 11 is 0. The Bertz CT molecular complexity index is 889. The van der Waals surface area contributed by atoms with Crippen molar-refractivity contribution in [3.63, 3.8) is 0 Å². The Balaban J connectivity index is -0.000000553. The lowest BCUT2D eigenvalue weighted by molar-refractivity contribution is -0.849. The van der Waals surface area contributed by atoms with Crippen molar-refractivity contribution >= 4 is 11.0 Å². The molecule has 2 N–H and O–H groups in total. The van der Waals surface area contributed by atoms with E-state index < -0.39 is 47.0 Å². The molecule has 0 aliphatic heterocycles. The van der Waals surface area contributed by atoms with Gasteiger partial charge in [0.25, 0.3) is 11.2 Å². The number of hydrogen-bond donors (Lipinski definition) is 2. The lowest BCUT2D eigenvalue weighted by Crippen LogP contribution is -2.53. The quantitative estimate of drug-likeness (QED) is 0.200. The van der Waals surface area contributed by atoms with Crippen LogP contribution in [-0.4, -0.2) is 78.6 Å². The van der Waals surface area contributed by atoms with Crippen molar-refractivity contribution in [1.82, 2.24) is 0 Å². The summed E-state index contributed by atoms with van der Waals surface area (Å²) in [6, 6.07) is 8.71. The molecule has 16 heteroatoms. The molecule has 0 atom stereocenters. The highest BCUT2D eigenvalue weighted by atomic mass is 28.1. The smallest absolute Gasteiger partial charge is 0.430 e. The van der Waals surface area contributed by atoms with Gasteiger partial charge in [0, 0.05) is 11.1 Å². The molecule has 42 heavy (non-hydrogen) atoms. The molecular formula is C26H34F12NO2Si. The number of halogens is 12. The van der Waals surface area contributed by atoms with E-state index in [1.165, 1.54) is 12.1 Å². The average molecular weight is 649 g/mol. The molecule has 0 unspecified atom stereocenters. The first-order chi connectivity index (χ1) is 17.9. The molecule has 0 aliphatic rings. The maximum atomic E-state index is 12.3. The van der Waals surface area contributed by atoms with Gasteiger partial charge in [0.15, 0.2) is 0 Å². The summed E-state index contributed by atoms with van der Waals surface area (Å²) < 4.78 is 149. The molecule has 2 rings (SSSR count). The summed E-state index contributed by atoms with van der Waals surface area (Å²) in [5.74, 6) is 0.833. The predicted molar refractivity (Wildman–Crippen MR) is 135 cm³/mol. The van der Waals surface area contributed by atoms with Crippen molar-refractivity contribution in [2.75, 3.05) is 28.2 Å². The Kier molecular flexibility index (Phi) is 16.8. The second kappa shape index (κ2) is 16.0. The second-order valence-corrected chi connectivity index (χ2v) is 10.6. The van der Waals surface area contributed by atoms with Crippen LogP contribution in [0.3, 0.4) is 0 Å². The summed E-state index contributed by atoms with van der Waals surface area (Å²) in [6.07, 6.45) is -23.3. The highest BCUT2D eigenvalue weighted by Gasteiger charge is 2.72. The highest BCUT2D eigenvalue weighted by molar-refractivity contribution is 5.75. The van der Waals surface area contributed by atoms with Gasteiger partial charge < -0.3 is 25.7 Å². The number of nitrogens with zero attached hydrogens (tertiary/aromatic N) is 1. The van der Waals surface area contributed by atoms with E-state index in [1.54, 1.807) is 0 Å². The SMILES string of the molecule is CC(C)C.C[N+](C)(C)C.OC(c1ccccc1)(C(F)(F)F)C(F)(F)F.OC(c1ccccc1)(C(F)(F)F)C(F)(F)F.[Si-]. The molecule has 0 bridgehead atoms. The molecule has 0 aliphatic carbocycles. The van der Waals surface area contributed by atoms with Crippen LogP contribution in [0.1, 0.15) is 31.9 Å². The van der Waals surface area contributed by atoms with Gasteiger partial charge in [-0.15, -0.1) is 0 Å². The molecule has 0 saturated carbocycles. The fourth-order valence-electron chi connectivity index (χ4n) is 2.33. The minimum absolute atomic E-state index is 0. The Labute approximate surface area is 241 Å². The monoisotopic (exact) mass is 648 g/mol. The van der Waals surface area contributed by atoms with Crippen LogP contribution in [0.4, 0.5) is 52.7 Å². The molecule has 0 fully saturated rings. The molecule has 2 aromatic rings. The molecule has 0 aromatic heterocycles. The van der Waals surface area contributed by atoms with E-state index in [9.17, 15) is 52.7 Å².